The van der Waals surface area contributed by atoms with E-state index in [2.05, 4.69) is 0 Å². The lowest BCUT2D eigenvalue weighted by Gasteiger charge is -2.11. The van der Waals surface area contributed by atoms with Crippen molar-refractivity contribution in [1.82, 2.24) is 14.5 Å². The third-order valence-corrected chi connectivity index (χ3v) is 6.13. The number of nitrogens with zero attached hydrogens (tertiary/aromatic N) is 3. The van der Waals surface area contributed by atoms with Crippen LogP contribution in [-0.2, 0) is 12.3 Å². The molecule has 0 fully saturated rings. The fraction of sp³-hybridized carbons (Fsp3) is 0.292. The van der Waals surface area contributed by atoms with Crippen LogP contribution in [0.25, 0.3) is 22.4 Å². The number of benzene rings is 2. The fourth-order valence-corrected chi connectivity index (χ4v) is 4.57. The zero-order valence-electron chi connectivity index (χ0n) is 18.5. The van der Waals surface area contributed by atoms with E-state index in [1.807, 2.05) is 56.3 Å². The molecule has 32 heavy (non-hydrogen) atoms. The minimum Gasteiger partial charge on any atom is -0.493 e. The molecule has 0 saturated carbocycles. The van der Waals surface area contributed by atoms with E-state index in [1.165, 1.54) is 11.8 Å². The highest BCUT2D eigenvalue weighted by Crippen LogP contribution is 2.38. The van der Waals surface area contributed by atoms with E-state index >= 15 is 0 Å². The molecule has 0 amide bonds. The van der Waals surface area contributed by atoms with Crippen LogP contribution in [0.4, 0.5) is 0 Å². The van der Waals surface area contributed by atoms with Gasteiger partial charge in [0.15, 0.2) is 16.7 Å². The molecule has 0 unspecified atom stereocenters. The Hall–Kier alpha value is -3.26. The molecule has 0 aliphatic carbocycles. The normalized spacial score (nSPS) is 11.1. The van der Waals surface area contributed by atoms with Crippen molar-refractivity contribution in [3.8, 4) is 23.0 Å². The van der Waals surface area contributed by atoms with Gasteiger partial charge in [-0.1, -0.05) is 36.9 Å². The Morgan fingerprint density at radius 2 is 1.88 bits per heavy atom. The van der Waals surface area contributed by atoms with Crippen molar-refractivity contribution >= 4 is 22.7 Å². The van der Waals surface area contributed by atoms with Crippen molar-refractivity contribution in [3.05, 3.63) is 64.3 Å². The Morgan fingerprint density at radius 3 is 2.62 bits per heavy atom. The second-order valence-electron chi connectivity index (χ2n) is 7.22. The van der Waals surface area contributed by atoms with Crippen LogP contribution in [0.5, 0.6) is 11.5 Å². The van der Waals surface area contributed by atoms with Crippen LogP contribution in [0.1, 0.15) is 24.8 Å². The Morgan fingerprint density at radius 1 is 1.06 bits per heavy atom. The SMILES string of the molecule is CCCn1c(SCc2nc(-c3cccc(OC)c3OC)oc2C)nc2ccccc2c1=O. The van der Waals surface area contributed by atoms with Gasteiger partial charge in [-0.05, 0) is 37.6 Å². The maximum atomic E-state index is 13.0. The molecule has 166 valence electrons. The van der Waals surface area contributed by atoms with Crippen molar-refractivity contribution < 1.29 is 13.9 Å². The third kappa shape index (κ3) is 4.10. The van der Waals surface area contributed by atoms with Crippen LogP contribution in [0, 0.1) is 6.92 Å². The van der Waals surface area contributed by atoms with Crippen LogP contribution in [0.15, 0.2) is 56.8 Å². The standard InChI is InChI=1S/C24H25N3O4S/c1-5-13-27-23(28)16-9-6-7-11-18(16)26-24(27)32-14-19-15(2)31-22(25-19)17-10-8-12-20(29-3)21(17)30-4/h6-12H,5,13-14H2,1-4H3. The van der Waals surface area contributed by atoms with Crippen molar-refractivity contribution in [2.45, 2.75) is 37.7 Å². The minimum absolute atomic E-state index is 0.0152. The van der Waals surface area contributed by atoms with Crippen LogP contribution in [-0.4, -0.2) is 28.8 Å². The minimum atomic E-state index is -0.0152. The third-order valence-electron chi connectivity index (χ3n) is 5.14. The topological polar surface area (TPSA) is 79.4 Å². The maximum Gasteiger partial charge on any atom is 0.262 e. The summed E-state index contributed by atoms with van der Waals surface area (Å²) >= 11 is 1.48. The molecule has 0 spiro atoms. The molecule has 0 radical (unpaired) electrons. The molecule has 2 heterocycles. The van der Waals surface area contributed by atoms with Crippen LogP contribution >= 0.6 is 11.8 Å². The van der Waals surface area contributed by atoms with E-state index in [0.29, 0.717) is 51.5 Å². The average Bonchev–Trinajstić information content (AvgIpc) is 3.19. The molecule has 0 atom stereocenters. The van der Waals surface area contributed by atoms with Crippen LogP contribution in [0.2, 0.25) is 0 Å². The highest BCUT2D eigenvalue weighted by molar-refractivity contribution is 7.98. The highest BCUT2D eigenvalue weighted by atomic mass is 32.2. The second kappa shape index (κ2) is 9.48. The Kier molecular flexibility index (Phi) is 6.50. The molecule has 0 N–H and O–H groups in total. The van der Waals surface area contributed by atoms with Crippen molar-refractivity contribution in [1.29, 1.82) is 0 Å². The summed E-state index contributed by atoms with van der Waals surface area (Å²) in [5.74, 6) is 2.88. The number of hydrogen-bond donors (Lipinski definition) is 0. The number of rotatable bonds is 8. The van der Waals surface area contributed by atoms with Crippen molar-refractivity contribution in [2.24, 2.45) is 0 Å². The number of para-hydroxylation sites is 2. The number of aromatic nitrogens is 3. The first-order chi connectivity index (χ1) is 15.6. The van der Waals surface area contributed by atoms with Gasteiger partial charge in [-0.15, -0.1) is 0 Å². The van der Waals surface area contributed by atoms with Gasteiger partial charge in [-0.25, -0.2) is 9.97 Å². The Labute approximate surface area is 190 Å². The fourth-order valence-electron chi connectivity index (χ4n) is 3.54. The summed E-state index contributed by atoms with van der Waals surface area (Å²) in [5.41, 5.74) is 2.20. The monoisotopic (exact) mass is 451 g/mol. The predicted octanol–water partition coefficient (Wildman–Crippen LogP) is 5.08. The molecule has 2 aromatic carbocycles. The number of oxazole rings is 1. The van der Waals surface area contributed by atoms with Gasteiger partial charge >= 0.3 is 0 Å². The predicted molar refractivity (Wildman–Crippen MR) is 126 cm³/mol. The summed E-state index contributed by atoms with van der Waals surface area (Å²) in [4.78, 5) is 22.4. The zero-order valence-corrected chi connectivity index (χ0v) is 19.4. The number of ether oxygens (including phenoxy) is 2. The first kappa shape index (κ1) is 22.0. The van der Waals surface area contributed by atoms with Gasteiger partial charge < -0.3 is 13.9 Å². The number of fused-ring (bicyclic) bond motifs is 1. The van der Waals surface area contributed by atoms with Gasteiger partial charge in [0.1, 0.15) is 5.76 Å². The molecular weight excluding hydrogens is 426 g/mol. The number of methoxy groups -OCH3 is 2. The first-order valence-corrected chi connectivity index (χ1v) is 11.4. The van der Waals surface area contributed by atoms with Gasteiger partial charge in [0, 0.05) is 12.3 Å². The lowest BCUT2D eigenvalue weighted by Crippen LogP contribution is -2.23. The second-order valence-corrected chi connectivity index (χ2v) is 8.16. The van der Waals surface area contributed by atoms with E-state index in [-0.39, 0.29) is 5.56 Å². The molecule has 7 nitrogen and oxygen atoms in total. The molecule has 2 aromatic heterocycles. The summed E-state index contributed by atoms with van der Waals surface area (Å²) < 4.78 is 18.6. The van der Waals surface area contributed by atoms with Gasteiger partial charge in [0.05, 0.1) is 36.4 Å². The summed E-state index contributed by atoms with van der Waals surface area (Å²) in [6.07, 6.45) is 0.844. The van der Waals surface area contributed by atoms with E-state index in [0.717, 1.165) is 17.7 Å². The first-order valence-electron chi connectivity index (χ1n) is 10.4. The average molecular weight is 452 g/mol. The lowest BCUT2D eigenvalue weighted by molar-refractivity contribution is 0.355. The molecular formula is C24H25N3O4S. The molecule has 4 rings (SSSR count). The zero-order chi connectivity index (χ0) is 22.7. The van der Waals surface area contributed by atoms with Crippen LogP contribution < -0.4 is 15.0 Å². The van der Waals surface area contributed by atoms with Crippen LogP contribution in [0.3, 0.4) is 0 Å². The largest absolute Gasteiger partial charge is 0.493 e. The lowest BCUT2D eigenvalue weighted by atomic mass is 10.2. The maximum absolute atomic E-state index is 13.0. The number of hydrogen-bond acceptors (Lipinski definition) is 7. The van der Waals surface area contributed by atoms with Gasteiger partial charge in [-0.3, -0.25) is 9.36 Å². The molecule has 8 heteroatoms. The Bertz CT molecular complexity index is 1310. The van der Waals surface area contributed by atoms with Gasteiger partial charge in [-0.2, -0.15) is 0 Å². The summed E-state index contributed by atoms with van der Waals surface area (Å²) in [6, 6.07) is 13.0. The van der Waals surface area contributed by atoms with E-state index in [9.17, 15) is 4.79 Å². The van der Waals surface area contributed by atoms with Crippen molar-refractivity contribution in [3.63, 3.8) is 0 Å². The van der Waals surface area contributed by atoms with Crippen molar-refractivity contribution in [2.75, 3.05) is 14.2 Å². The molecule has 0 bridgehead atoms. The van der Waals surface area contributed by atoms with Gasteiger partial charge in [0.25, 0.3) is 5.56 Å². The van der Waals surface area contributed by atoms with E-state index in [4.69, 9.17) is 23.9 Å². The summed E-state index contributed by atoms with van der Waals surface area (Å²) in [6.45, 7) is 4.54. The smallest absolute Gasteiger partial charge is 0.262 e. The van der Waals surface area contributed by atoms with E-state index < -0.39 is 0 Å². The molecule has 4 aromatic rings. The summed E-state index contributed by atoms with van der Waals surface area (Å²) in [5, 5.41) is 1.31. The Balaban J connectivity index is 1.66. The number of thioether (sulfide) groups is 1. The number of aryl methyl sites for hydroxylation is 1. The van der Waals surface area contributed by atoms with Gasteiger partial charge in [0.2, 0.25) is 5.89 Å². The molecule has 0 aliphatic heterocycles. The quantitative estimate of drug-likeness (QED) is 0.273. The highest BCUT2D eigenvalue weighted by Gasteiger charge is 2.19. The van der Waals surface area contributed by atoms with E-state index in [1.54, 1.807) is 18.8 Å². The summed E-state index contributed by atoms with van der Waals surface area (Å²) in [7, 11) is 3.18. The molecule has 0 aliphatic rings. The molecule has 0 saturated heterocycles.